The predicted molar refractivity (Wildman–Crippen MR) is 78.6 cm³/mol. The maximum Gasteiger partial charge on any atom is 0.200 e. The fraction of sp³-hybridized carbons (Fsp3) is 0.235. The number of ketones is 1. The number of benzene rings is 2. The highest BCUT2D eigenvalue weighted by Crippen LogP contribution is 2.19. The molecule has 3 nitrogen and oxygen atoms in total. The second-order valence-corrected chi connectivity index (χ2v) is 4.56. The number of ether oxygens (including phenoxy) is 2. The minimum absolute atomic E-state index is 0.114. The van der Waals surface area contributed by atoms with Gasteiger partial charge in [0.2, 0.25) is 0 Å². The summed E-state index contributed by atoms with van der Waals surface area (Å²) in [4.78, 5) is 12.0. The monoisotopic (exact) mass is 288 g/mol. The number of carbonyl (C=O) groups excluding carboxylic acids is 1. The van der Waals surface area contributed by atoms with Crippen LogP contribution in [0.15, 0.2) is 42.5 Å². The van der Waals surface area contributed by atoms with E-state index in [2.05, 4.69) is 0 Å². The van der Waals surface area contributed by atoms with E-state index >= 15 is 0 Å². The van der Waals surface area contributed by atoms with Crippen molar-refractivity contribution >= 4 is 5.78 Å². The van der Waals surface area contributed by atoms with Gasteiger partial charge in [0.25, 0.3) is 0 Å². The van der Waals surface area contributed by atoms with Gasteiger partial charge in [-0.2, -0.15) is 0 Å². The maximum absolute atomic E-state index is 13.6. The van der Waals surface area contributed by atoms with Crippen molar-refractivity contribution in [1.29, 1.82) is 0 Å². The molecular weight excluding hydrogens is 271 g/mol. The molecule has 110 valence electrons. The highest BCUT2D eigenvalue weighted by Gasteiger charge is 2.11. The number of carbonyl (C=O) groups is 1. The number of hydrogen-bond acceptors (Lipinski definition) is 3. The summed E-state index contributed by atoms with van der Waals surface area (Å²) in [5, 5.41) is 0. The lowest BCUT2D eigenvalue weighted by molar-refractivity contribution is 0.0921. The Kier molecular flexibility index (Phi) is 4.93. The molecule has 0 saturated carbocycles. The van der Waals surface area contributed by atoms with E-state index in [-0.39, 0.29) is 23.7 Å². The maximum atomic E-state index is 13.6. The average molecular weight is 288 g/mol. The van der Waals surface area contributed by atoms with Crippen molar-refractivity contribution in [2.75, 3.05) is 13.7 Å². The van der Waals surface area contributed by atoms with Crippen LogP contribution in [-0.2, 0) is 6.42 Å². The first-order valence-electron chi connectivity index (χ1n) is 6.72. The van der Waals surface area contributed by atoms with E-state index < -0.39 is 5.82 Å². The zero-order valence-corrected chi connectivity index (χ0v) is 12.1. The van der Waals surface area contributed by atoms with Gasteiger partial charge in [-0.25, -0.2) is 4.39 Å². The summed E-state index contributed by atoms with van der Waals surface area (Å²) < 4.78 is 23.8. The minimum atomic E-state index is -0.559. The number of methoxy groups -OCH3 is 1. The molecule has 0 amide bonds. The molecule has 4 heteroatoms. The van der Waals surface area contributed by atoms with Gasteiger partial charge in [-0.15, -0.1) is 0 Å². The van der Waals surface area contributed by atoms with Gasteiger partial charge in [0.1, 0.15) is 5.75 Å². The Labute approximate surface area is 123 Å². The van der Waals surface area contributed by atoms with Crippen molar-refractivity contribution < 1.29 is 18.7 Å². The molecule has 2 rings (SSSR count). The first-order chi connectivity index (χ1) is 10.1. The molecule has 0 atom stereocenters. The summed E-state index contributed by atoms with van der Waals surface area (Å²) in [6.07, 6.45) is 0.898. The lowest BCUT2D eigenvalue weighted by Crippen LogP contribution is -2.12. The van der Waals surface area contributed by atoms with E-state index in [9.17, 15) is 9.18 Å². The van der Waals surface area contributed by atoms with Crippen LogP contribution >= 0.6 is 0 Å². The van der Waals surface area contributed by atoms with Crippen LogP contribution in [0.2, 0.25) is 0 Å². The van der Waals surface area contributed by atoms with Gasteiger partial charge >= 0.3 is 0 Å². The molecule has 0 aliphatic carbocycles. The number of rotatable bonds is 6. The van der Waals surface area contributed by atoms with Crippen molar-refractivity contribution in [3.05, 3.63) is 59.4 Å². The van der Waals surface area contributed by atoms with Crippen molar-refractivity contribution in [1.82, 2.24) is 0 Å². The van der Waals surface area contributed by atoms with Crippen LogP contribution in [0.1, 0.15) is 22.8 Å². The molecule has 0 N–H and O–H groups in total. The van der Waals surface area contributed by atoms with Crippen molar-refractivity contribution in [2.24, 2.45) is 0 Å². The Morgan fingerprint density at radius 2 is 2.00 bits per heavy atom. The van der Waals surface area contributed by atoms with Crippen LogP contribution in [0.5, 0.6) is 11.5 Å². The zero-order valence-electron chi connectivity index (χ0n) is 12.1. The van der Waals surface area contributed by atoms with Crippen LogP contribution in [-0.4, -0.2) is 19.5 Å². The van der Waals surface area contributed by atoms with E-state index in [0.717, 1.165) is 18.1 Å². The normalized spacial score (nSPS) is 10.2. The van der Waals surface area contributed by atoms with E-state index in [4.69, 9.17) is 9.47 Å². The first-order valence-corrected chi connectivity index (χ1v) is 6.72. The Bertz CT molecular complexity index is 638. The van der Waals surface area contributed by atoms with Crippen LogP contribution in [0.25, 0.3) is 0 Å². The topological polar surface area (TPSA) is 35.5 Å². The van der Waals surface area contributed by atoms with Crippen LogP contribution in [0.3, 0.4) is 0 Å². The predicted octanol–water partition coefficient (Wildman–Crippen LogP) is 3.66. The molecule has 0 heterocycles. The van der Waals surface area contributed by atoms with Gasteiger partial charge in [-0.3, -0.25) is 4.79 Å². The van der Waals surface area contributed by atoms with E-state index in [0.29, 0.717) is 5.75 Å². The standard InChI is InChI=1S/C17H17FO3/c1-3-12-5-4-6-14(9-12)21-11-16(19)13-7-8-17(20-2)15(18)10-13/h4-10H,3,11H2,1-2H3. The average Bonchev–Trinajstić information content (AvgIpc) is 2.52. The minimum Gasteiger partial charge on any atom is -0.494 e. The van der Waals surface area contributed by atoms with E-state index in [1.54, 1.807) is 6.07 Å². The zero-order chi connectivity index (χ0) is 15.2. The smallest absolute Gasteiger partial charge is 0.200 e. The third kappa shape index (κ3) is 3.81. The number of Topliss-reactive ketones (excluding diaryl/α,β-unsaturated/α-hetero) is 1. The largest absolute Gasteiger partial charge is 0.494 e. The molecule has 21 heavy (non-hydrogen) atoms. The molecule has 0 aromatic heterocycles. The molecule has 0 fully saturated rings. The van der Waals surface area contributed by atoms with Crippen molar-refractivity contribution in [2.45, 2.75) is 13.3 Å². The van der Waals surface area contributed by atoms with Crippen LogP contribution in [0.4, 0.5) is 4.39 Å². The Balaban J connectivity index is 2.02. The summed E-state index contributed by atoms with van der Waals surface area (Å²) in [6, 6.07) is 11.7. The fourth-order valence-electron chi connectivity index (χ4n) is 1.93. The van der Waals surface area contributed by atoms with Gasteiger partial charge < -0.3 is 9.47 Å². The highest BCUT2D eigenvalue weighted by molar-refractivity contribution is 5.97. The molecule has 0 bridgehead atoms. The van der Waals surface area contributed by atoms with Crippen molar-refractivity contribution in [3.63, 3.8) is 0 Å². The Morgan fingerprint density at radius 1 is 1.19 bits per heavy atom. The molecule has 0 radical (unpaired) electrons. The quantitative estimate of drug-likeness (QED) is 0.761. The lowest BCUT2D eigenvalue weighted by atomic mass is 10.1. The summed E-state index contributed by atoms with van der Waals surface area (Å²) in [7, 11) is 1.38. The van der Waals surface area contributed by atoms with Gasteiger partial charge in [0, 0.05) is 5.56 Å². The molecular formula is C17H17FO3. The van der Waals surface area contributed by atoms with Gasteiger partial charge in [0.15, 0.2) is 24.0 Å². The Hall–Kier alpha value is -2.36. The summed E-state index contributed by atoms with van der Waals surface area (Å²) >= 11 is 0. The molecule has 0 aliphatic rings. The van der Waals surface area contributed by atoms with Crippen molar-refractivity contribution in [3.8, 4) is 11.5 Å². The number of aryl methyl sites for hydroxylation is 1. The van der Waals surface area contributed by atoms with E-state index in [1.165, 1.54) is 19.2 Å². The molecule has 0 aliphatic heterocycles. The number of hydrogen-bond donors (Lipinski definition) is 0. The lowest BCUT2D eigenvalue weighted by Gasteiger charge is -2.08. The molecule has 2 aromatic rings. The van der Waals surface area contributed by atoms with Gasteiger partial charge in [0.05, 0.1) is 7.11 Å². The summed E-state index contributed by atoms with van der Waals surface area (Å²) in [6.45, 7) is 1.92. The fourth-order valence-corrected chi connectivity index (χ4v) is 1.93. The van der Waals surface area contributed by atoms with E-state index in [1.807, 2.05) is 25.1 Å². The summed E-state index contributed by atoms with van der Waals surface area (Å²) in [5.41, 5.74) is 1.40. The van der Waals surface area contributed by atoms with Crippen LogP contribution in [0, 0.1) is 5.82 Å². The Morgan fingerprint density at radius 3 is 2.67 bits per heavy atom. The summed E-state index contributed by atoms with van der Waals surface area (Å²) in [5.74, 6) is -0.0883. The molecule has 0 unspecified atom stereocenters. The third-order valence-corrected chi connectivity index (χ3v) is 3.15. The molecule has 0 saturated heterocycles. The van der Waals surface area contributed by atoms with Gasteiger partial charge in [-0.05, 0) is 42.3 Å². The highest BCUT2D eigenvalue weighted by atomic mass is 19.1. The van der Waals surface area contributed by atoms with Crippen LogP contribution < -0.4 is 9.47 Å². The second kappa shape index (κ2) is 6.88. The van der Waals surface area contributed by atoms with Gasteiger partial charge in [-0.1, -0.05) is 19.1 Å². The molecule has 0 spiro atoms. The SMILES string of the molecule is CCc1cccc(OCC(=O)c2ccc(OC)c(F)c2)c1. The number of halogens is 1. The first kappa shape index (κ1) is 15.0. The molecule has 2 aromatic carbocycles. The third-order valence-electron chi connectivity index (χ3n) is 3.15. The second-order valence-electron chi connectivity index (χ2n) is 4.56.